The van der Waals surface area contributed by atoms with Gasteiger partial charge in [-0.25, -0.2) is 0 Å². The van der Waals surface area contributed by atoms with Crippen molar-refractivity contribution >= 4 is 33.5 Å². The number of hydrogen-bond donors (Lipinski definition) is 0. The van der Waals surface area contributed by atoms with E-state index in [0.717, 1.165) is 0 Å². The third-order valence-corrected chi connectivity index (χ3v) is 1.83. The van der Waals surface area contributed by atoms with E-state index in [1.807, 2.05) is 0 Å². The van der Waals surface area contributed by atoms with Crippen LogP contribution < -0.4 is 0 Å². The number of alkyl halides is 1. The van der Waals surface area contributed by atoms with Gasteiger partial charge in [0.15, 0.2) is 0 Å². The van der Waals surface area contributed by atoms with E-state index in [0.29, 0.717) is 19.3 Å². The summed E-state index contributed by atoms with van der Waals surface area (Å²) in [5.41, 5.74) is 0. The van der Waals surface area contributed by atoms with Crippen molar-refractivity contribution in [3.63, 3.8) is 0 Å². The Morgan fingerprint density at radius 3 is 2.92 bits per heavy atom. The zero-order chi connectivity index (χ0) is 9.40. The van der Waals surface area contributed by atoms with Crippen LogP contribution in [0.2, 0.25) is 0 Å². The highest BCUT2D eigenvalue weighted by Gasteiger charge is 2.03. The lowest BCUT2D eigenvalue weighted by Crippen LogP contribution is -2.02. The number of carbonyl (C=O) groups excluding carboxylic acids is 1. The van der Waals surface area contributed by atoms with Crippen molar-refractivity contribution in [2.45, 2.75) is 24.6 Å². The normalized spacial score (nSPS) is 11.2. The first-order chi connectivity index (χ1) is 5.70. The fraction of sp³-hybridized carbons (Fsp3) is 0.625. The molecule has 0 fully saturated rings. The monoisotopic (exact) mass is 252 g/mol. The van der Waals surface area contributed by atoms with Gasteiger partial charge in [-0.15, -0.1) is 11.6 Å². The van der Waals surface area contributed by atoms with Crippen LogP contribution in [0.5, 0.6) is 0 Å². The molecule has 0 heterocycles. The Morgan fingerprint density at radius 1 is 1.75 bits per heavy atom. The van der Waals surface area contributed by atoms with Crippen LogP contribution >= 0.6 is 27.5 Å². The lowest BCUT2D eigenvalue weighted by molar-refractivity contribution is -0.140. The second kappa shape index (κ2) is 7.45. The van der Waals surface area contributed by atoms with E-state index in [4.69, 9.17) is 11.6 Å². The average molecular weight is 254 g/mol. The molecule has 1 atom stereocenters. The highest BCUT2D eigenvalue weighted by molar-refractivity contribution is 9.12. The molecule has 0 amide bonds. The second-order valence-corrected chi connectivity index (χ2v) is 3.10. The maximum Gasteiger partial charge on any atom is 0.305 e. The molecule has 0 spiro atoms. The van der Waals surface area contributed by atoms with Crippen molar-refractivity contribution in [2.75, 3.05) is 7.11 Å². The predicted molar refractivity (Wildman–Crippen MR) is 52.2 cm³/mol. The fourth-order valence-electron chi connectivity index (χ4n) is 0.659. The van der Waals surface area contributed by atoms with Crippen molar-refractivity contribution < 1.29 is 9.53 Å². The number of carbonyl (C=O) groups is 1. The molecular formula is C8H10BrClO2. The van der Waals surface area contributed by atoms with Gasteiger partial charge in [0.2, 0.25) is 0 Å². The summed E-state index contributed by atoms with van der Waals surface area (Å²) in [6.07, 6.45) is 1.82. The Bertz CT molecular complexity index is 195. The predicted octanol–water partition coefficient (Wildman–Crippen LogP) is 2.29. The first kappa shape index (κ1) is 11.8. The molecule has 0 aliphatic rings. The largest absolute Gasteiger partial charge is 0.469 e. The molecule has 0 radical (unpaired) electrons. The van der Waals surface area contributed by atoms with Crippen LogP contribution in [0.4, 0.5) is 0 Å². The van der Waals surface area contributed by atoms with E-state index in [-0.39, 0.29) is 11.3 Å². The van der Waals surface area contributed by atoms with Crippen LogP contribution in [0, 0.1) is 10.8 Å². The summed E-state index contributed by atoms with van der Waals surface area (Å²) in [4.78, 5) is 13.2. The van der Waals surface area contributed by atoms with E-state index in [9.17, 15) is 4.79 Å². The van der Waals surface area contributed by atoms with Gasteiger partial charge in [0.25, 0.3) is 0 Å². The zero-order valence-corrected chi connectivity index (χ0v) is 9.11. The molecule has 2 nitrogen and oxygen atoms in total. The van der Waals surface area contributed by atoms with E-state index in [1.165, 1.54) is 7.11 Å². The third-order valence-electron chi connectivity index (χ3n) is 1.28. The SMILES string of the molecule is COC(=O)CCCC(Cl)C#CBr. The van der Waals surface area contributed by atoms with Crippen LogP contribution in [-0.4, -0.2) is 18.5 Å². The lowest BCUT2D eigenvalue weighted by atomic mass is 10.2. The summed E-state index contributed by atoms with van der Waals surface area (Å²) in [6.45, 7) is 0. The van der Waals surface area contributed by atoms with Gasteiger partial charge in [-0.1, -0.05) is 5.92 Å². The molecule has 0 N–H and O–H groups in total. The number of hydrogen-bond acceptors (Lipinski definition) is 2. The summed E-state index contributed by atoms with van der Waals surface area (Å²) in [5, 5.41) is -0.186. The van der Waals surface area contributed by atoms with Gasteiger partial charge in [0, 0.05) is 22.4 Å². The minimum atomic E-state index is -0.203. The number of ether oxygens (including phenoxy) is 1. The first-order valence-electron chi connectivity index (χ1n) is 3.52. The molecule has 0 rings (SSSR count). The fourth-order valence-corrected chi connectivity index (χ4v) is 1.28. The van der Waals surface area contributed by atoms with E-state index >= 15 is 0 Å². The molecule has 1 unspecified atom stereocenters. The molecule has 0 aliphatic carbocycles. The summed E-state index contributed by atoms with van der Waals surface area (Å²) >= 11 is 8.70. The van der Waals surface area contributed by atoms with E-state index in [2.05, 4.69) is 31.4 Å². The van der Waals surface area contributed by atoms with E-state index < -0.39 is 0 Å². The first-order valence-corrected chi connectivity index (χ1v) is 4.75. The summed E-state index contributed by atoms with van der Waals surface area (Å²) in [5.74, 6) is 2.51. The molecular weight excluding hydrogens is 243 g/mol. The van der Waals surface area contributed by atoms with Crippen LogP contribution in [0.15, 0.2) is 0 Å². The number of halogens is 2. The molecule has 0 saturated carbocycles. The van der Waals surface area contributed by atoms with Crippen molar-refractivity contribution in [3.8, 4) is 10.8 Å². The standard InChI is InChI=1S/C8H10BrClO2/c1-12-8(11)4-2-3-7(10)5-6-9/h7H,2-4H2,1H3. The molecule has 0 saturated heterocycles. The van der Waals surface area contributed by atoms with Gasteiger partial charge in [0.1, 0.15) is 0 Å². The van der Waals surface area contributed by atoms with Gasteiger partial charge in [-0.2, -0.15) is 0 Å². The van der Waals surface area contributed by atoms with Gasteiger partial charge >= 0.3 is 5.97 Å². The van der Waals surface area contributed by atoms with Gasteiger partial charge in [0.05, 0.1) is 12.5 Å². The Kier molecular flexibility index (Phi) is 7.33. The number of rotatable bonds is 4. The highest BCUT2D eigenvalue weighted by atomic mass is 79.9. The van der Waals surface area contributed by atoms with Crippen molar-refractivity contribution in [1.29, 1.82) is 0 Å². The second-order valence-electron chi connectivity index (χ2n) is 2.17. The van der Waals surface area contributed by atoms with Crippen LogP contribution in [0.25, 0.3) is 0 Å². The Hall–Kier alpha value is -0.200. The average Bonchev–Trinajstić information content (AvgIpc) is 2.04. The smallest absolute Gasteiger partial charge is 0.305 e. The van der Waals surface area contributed by atoms with Crippen molar-refractivity contribution in [2.24, 2.45) is 0 Å². The zero-order valence-electron chi connectivity index (χ0n) is 6.77. The Morgan fingerprint density at radius 2 is 2.42 bits per heavy atom. The van der Waals surface area contributed by atoms with E-state index in [1.54, 1.807) is 0 Å². The lowest BCUT2D eigenvalue weighted by Gasteiger charge is -2.00. The summed E-state index contributed by atoms with van der Waals surface area (Å²) in [6, 6.07) is 0. The molecule has 0 bridgehead atoms. The van der Waals surface area contributed by atoms with Crippen LogP contribution in [0.3, 0.4) is 0 Å². The third kappa shape index (κ3) is 6.51. The van der Waals surface area contributed by atoms with Crippen LogP contribution in [0.1, 0.15) is 19.3 Å². The van der Waals surface area contributed by atoms with Gasteiger partial charge in [-0.05, 0) is 17.7 Å². The minimum Gasteiger partial charge on any atom is -0.469 e. The molecule has 68 valence electrons. The summed E-state index contributed by atoms with van der Waals surface area (Å²) < 4.78 is 4.46. The maximum absolute atomic E-state index is 10.6. The molecule has 0 aliphatic heterocycles. The van der Waals surface area contributed by atoms with Gasteiger partial charge in [-0.3, -0.25) is 4.79 Å². The molecule has 4 heteroatoms. The Balaban J connectivity index is 3.41. The van der Waals surface area contributed by atoms with Crippen molar-refractivity contribution in [1.82, 2.24) is 0 Å². The maximum atomic E-state index is 10.6. The quantitative estimate of drug-likeness (QED) is 0.436. The minimum absolute atomic E-state index is 0.186. The highest BCUT2D eigenvalue weighted by Crippen LogP contribution is 2.07. The molecule has 12 heavy (non-hydrogen) atoms. The topological polar surface area (TPSA) is 26.3 Å². The number of esters is 1. The number of methoxy groups -OCH3 is 1. The molecule has 0 aromatic carbocycles. The van der Waals surface area contributed by atoms with Gasteiger partial charge < -0.3 is 4.74 Å². The molecule has 0 aromatic rings. The van der Waals surface area contributed by atoms with Crippen molar-refractivity contribution in [3.05, 3.63) is 0 Å². The Labute approximate surface area is 85.7 Å². The van der Waals surface area contributed by atoms with Crippen LogP contribution in [-0.2, 0) is 9.53 Å². The molecule has 0 aromatic heterocycles. The summed E-state index contributed by atoms with van der Waals surface area (Å²) in [7, 11) is 1.37.